The molecule has 0 heterocycles. The van der Waals surface area contributed by atoms with Gasteiger partial charge < -0.3 is 14.6 Å². The normalized spacial score (nSPS) is 13.8. The summed E-state index contributed by atoms with van der Waals surface area (Å²) in [5, 5.41) is 9.91. The maximum Gasteiger partial charge on any atom is 0.311 e. The van der Waals surface area contributed by atoms with Crippen molar-refractivity contribution >= 4 is 11.9 Å². The predicted octanol–water partition coefficient (Wildman–Crippen LogP) is 1.67. The molecule has 0 aliphatic carbocycles. The van der Waals surface area contributed by atoms with Gasteiger partial charge in [0.15, 0.2) is 0 Å². The van der Waals surface area contributed by atoms with Crippen LogP contribution in [0.1, 0.15) is 46.5 Å². The minimum Gasteiger partial charge on any atom is -0.466 e. The molecular weight excluding hydrogens is 236 g/mol. The number of rotatable bonds is 9. The summed E-state index contributed by atoms with van der Waals surface area (Å²) in [6, 6.07) is 0. The standard InChI is InChI=1S/C13H24O5/c1-4-7-12(15)11(13(16)17-5-2)8-6-9-18-10(3)14/h11-12,15H,4-9H2,1-3H3. The molecular formula is C13H24O5. The summed E-state index contributed by atoms with van der Waals surface area (Å²) in [5.74, 6) is -1.24. The van der Waals surface area contributed by atoms with Crippen LogP contribution in [0.3, 0.4) is 0 Å². The number of aliphatic hydroxyl groups is 1. The van der Waals surface area contributed by atoms with E-state index in [1.165, 1.54) is 6.92 Å². The first kappa shape index (κ1) is 16.9. The van der Waals surface area contributed by atoms with Crippen LogP contribution in [0.4, 0.5) is 0 Å². The van der Waals surface area contributed by atoms with Crippen molar-refractivity contribution in [3.05, 3.63) is 0 Å². The van der Waals surface area contributed by atoms with Crippen LogP contribution in [0, 0.1) is 5.92 Å². The molecule has 0 amide bonds. The van der Waals surface area contributed by atoms with Gasteiger partial charge >= 0.3 is 11.9 Å². The summed E-state index contributed by atoms with van der Waals surface area (Å²) in [7, 11) is 0. The van der Waals surface area contributed by atoms with Gasteiger partial charge in [-0.05, 0) is 26.2 Å². The van der Waals surface area contributed by atoms with Crippen molar-refractivity contribution in [3.8, 4) is 0 Å². The minimum atomic E-state index is -0.689. The lowest BCUT2D eigenvalue weighted by molar-refractivity contribution is -0.152. The zero-order valence-corrected chi connectivity index (χ0v) is 11.5. The first-order chi connectivity index (χ1) is 8.52. The summed E-state index contributed by atoms with van der Waals surface area (Å²) >= 11 is 0. The minimum absolute atomic E-state index is 0.268. The van der Waals surface area contributed by atoms with Gasteiger partial charge in [-0.2, -0.15) is 0 Å². The third-order valence-corrected chi connectivity index (χ3v) is 2.60. The van der Waals surface area contributed by atoms with Crippen LogP contribution in [0.25, 0.3) is 0 Å². The number of ether oxygens (including phenoxy) is 2. The second kappa shape index (κ2) is 9.88. The fourth-order valence-electron chi connectivity index (χ4n) is 1.73. The molecule has 0 aliphatic rings. The van der Waals surface area contributed by atoms with Gasteiger partial charge in [-0.3, -0.25) is 9.59 Å². The SMILES string of the molecule is CCCC(O)C(CCCOC(C)=O)C(=O)OCC. The van der Waals surface area contributed by atoms with Crippen molar-refractivity contribution in [2.24, 2.45) is 5.92 Å². The van der Waals surface area contributed by atoms with Gasteiger partial charge in [-0.1, -0.05) is 13.3 Å². The quantitative estimate of drug-likeness (QED) is 0.504. The molecule has 0 saturated carbocycles. The molecule has 2 unspecified atom stereocenters. The molecule has 0 fully saturated rings. The number of esters is 2. The average molecular weight is 260 g/mol. The van der Waals surface area contributed by atoms with E-state index in [2.05, 4.69) is 0 Å². The average Bonchev–Trinajstić information content (AvgIpc) is 2.28. The Labute approximate surface area is 108 Å². The molecule has 0 radical (unpaired) electrons. The van der Waals surface area contributed by atoms with Gasteiger partial charge in [0.25, 0.3) is 0 Å². The van der Waals surface area contributed by atoms with Crippen molar-refractivity contribution in [3.63, 3.8) is 0 Å². The molecule has 0 rings (SSSR count). The number of carbonyl (C=O) groups excluding carboxylic acids is 2. The molecule has 0 spiro atoms. The summed E-state index contributed by atoms with van der Waals surface area (Å²) in [6.07, 6.45) is 1.70. The van der Waals surface area contributed by atoms with Gasteiger partial charge in [0.05, 0.1) is 25.2 Å². The van der Waals surface area contributed by atoms with Crippen molar-refractivity contribution in [2.75, 3.05) is 13.2 Å². The van der Waals surface area contributed by atoms with Crippen molar-refractivity contribution < 1.29 is 24.2 Å². The molecule has 1 N–H and O–H groups in total. The molecule has 0 aromatic heterocycles. The maximum absolute atomic E-state index is 11.7. The molecule has 5 heteroatoms. The maximum atomic E-state index is 11.7. The highest BCUT2D eigenvalue weighted by atomic mass is 16.5. The second-order valence-corrected chi connectivity index (χ2v) is 4.20. The molecule has 0 bridgehead atoms. The lowest BCUT2D eigenvalue weighted by Gasteiger charge is -2.20. The van der Waals surface area contributed by atoms with Crippen LogP contribution in [-0.4, -0.2) is 36.4 Å². The molecule has 0 aromatic carbocycles. The van der Waals surface area contributed by atoms with Crippen molar-refractivity contribution in [2.45, 2.75) is 52.6 Å². The van der Waals surface area contributed by atoms with Gasteiger partial charge in [0.2, 0.25) is 0 Å². The summed E-state index contributed by atoms with van der Waals surface area (Å²) in [6.45, 7) is 5.60. The van der Waals surface area contributed by atoms with Crippen LogP contribution in [0.15, 0.2) is 0 Å². The second-order valence-electron chi connectivity index (χ2n) is 4.20. The largest absolute Gasteiger partial charge is 0.466 e. The van der Waals surface area contributed by atoms with E-state index in [1.54, 1.807) is 6.92 Å². The topological polar surface area (TPSA) is 72.8 Å². The van der Waals surface area contributed by atoms with Crippen LogP contribution < -0.4 is 0 Å². The highest BCUT2D eigenvalue weighted by Crippen LogP contribution is 2.18. The van der Waals surface area contributed by atoms with Crippen LogP contribution >= 0.6 is 0 Å². The molecule has 2 atom stereocenters. The van der Waals surface area contributed by atoms with E-state index in [9.17, 15) is 14.7 Å². The predicted molar refractivity (Wildman–Crippen MR) is 66.9 cm³/mol. The smallest absolute Gasteiger partial charge is 0.311 e. The third kappa shape index (κ3) is 7.27. The monoisotopic (exact) mass is 260 g/mol. The van der Waals surface area contributed by atoms with Crippen LogP contribution in [0.5, 0.6) is 0 Å². The Morgan fingerprint density at radius 2 is 1.83 bits per heavy atom. The Morgan fingerprint density at radius 1 is 1.17 bits per heavy atom. The Kier molecular flexibility index (Phi) is 9.28. The molecule has 5 nitrogen and oxygen atoms in total. The highest BCUT2D eigenvalue weighted by molar-refractivity contribution is 5.73. The van der Waals surface area contributed by atoms with Gasteiger partial charge in [0, 0.05) is 6.92 Å². The van der Waals surface area contributed by atoms with E-state index in [4.69, 9.17) is 9.47 Å². The lowest BCUT2D eigenvalue weighted by Crippen LogP contribution is -2.30. The fraction of sp³-hybridized carbons (Fsp3) is 0.846. The zero-order valence-electron chi connectivity index (χ0n) is 11.5. The van der Waals surface area contributed by atoms with E-state index in [0.29, 0.717) is 25.9 Å². The first-order valence-corrected chi connectivity index (χ1v) is 6.50. The van der Waals surface area contributed by atoms with Crippen molar-refractivity contribution in [1.82, 2.24) is 0 Å². The van der Waals surface area contributed by atoms with E-state index in [-0.39, 0.29) is 18.5 Å². The Hall–Kier alpha value is -1.10. The molecule has 18 heavy (non-hydrogen) atoms. The van der Waals surface area contributed by atoms with Gasteiger partial charge in [-0.15, -0.1) is 0 Å². The first-order valence-electron chi connectivity index (χ1n) is 6.50. The summed E-state index contributed by atoms with van der Waals surface area (Å²) in [4.78, 5) is 22.3. The van der Waals surface area contributed by atoms with Crippen LogP contribution in [-0.2, 0) is 19.1 Å². The Bertz CT molecular complexity index is 252. The van der Waals surface area contributed by atoms with E-state index in [1.807, 2.05) is 6.92 Å². The van der Waals surface area contributed by atoms with Crippen molar-refractivity contribution in [1.29, 1.82) is 0 Å². The fourth-order valence-corrected chi connectivity index (χ4v) is 1.73. The van der Waals surface area contributed by atoms with Gasteiger partial charge in [0.1, 0.15) is 0 Å². The van der Waals surface area contributed by atoms with Crippen LogP contribution in [0.2, 0.25) is 0 Å². The number of carbonyl (C=O) groups is 2. The zero-order chi connectivity index (χ0) is 14.0. The molecule has 106 valence electrons. The number of aliphatic hydroxyl groups excluding tert-OH is 1. The lowest BCUT2D eigenvalue weighted by atomic mass is 9.94. The third-order valence-electron chi connectivity index (χ3n) is 2.60. The van der Waals surface area contributed by atoms with E-state index in [0.717, 1.165) is 6.42 Å². The number of hydrogen-bond acceptors (Lipinski definition) is 5. The molecule has 0 aliphatic heterocycles. The number of hydrogen-bond donors (Lipinski definition) is 1. The van der Waals surface area contributed by atoms with E-state index >= 15 is 0 Å². The van der Waals surface area contributed by atoms with Gasteiger partial charge in [-0.25, -0.2) is 0 Å². The van der Waals surface area contributed by atoms with E-state index < -0.39 is 12.0 Å². The summed E-state index contributed by atoms with van der Waals surface area (Å²) < 4.78 is 9.74. The summed E-state index contributed by atoms with van der Waals surface area (Å²) in [5.41, 5.74) is 0. The highest BCUT2D eigenvalue weighted by Gasteiger charge is 2.27. The molecule has 0 aromatic rings. The Balaban J connectivity index is 4.20. The Morgan fingerprint density at radius 3 is 2.33 bits per heavy atom. The molecule has 0 saturated heterocycles.